The quantitative estimate of drug-likeness (QED) is 0.803. The number of amides is 1. The zero-order chi connectivity index (χ0) is 14.9. The maximum absolute atomic E-state index is 12.2. The third kappa shape index (κ3) is 2.72. The van der Waals surface area contributed by atoms with E-state index < -0.39 is 5.97 Å². The number of aromatic carboxylic acids is 1. The molecule has 0 aliphatic carbocycles. The summed E-state index contributed by atoms with van der Waals surface area (Å²) in [6.45, 7) is 5.59. The molecule has 0 saturated heterocycles. The number of carbonyl (C=O) groups is 2. The number of nitrogens with zero attached hydrogens (tertiary/aromatic N) is 1. The molecule has 0 saturated carbocycles. The van der Waals surface area contributed by atoms with Crippen molar-refractivity contribution in [3.8, 4) is 0 Å². The normalized spacial score (nSPS) is 10.6. The summed E-state index contributed by atoms with van der Waals surface area (Å²) in [5.74, 6) is -1.35. The van der Waals surface area contributed by atoms with Gasteiger partial charge in [-0.3, -0.25) is 4.79 Å². The predicted molar refractivity (Wildman–Crippen MR) is 75.2 cm³/mol. The van der Waals surface area contributed by atoms with Gasteiger partial charge in [0, 0.05) is 16.8 Å². The van der Waals surface area contributed by atoms with Crippen LogP contribution in [0.1, 0.15) is 42.0 Å². The monoisotopic (exact) mass is 293 g/mol. The summed E-state index contributed by atoms with van der Waals surface area (Å²) >= 11 is 1.52. The molecule has 0 aliphatic rings. The third-order valence-electron chi connectivity index (χ3n) is 2.97. The molecule has 2 aromatic rings. The Bertz CT molecular complexity index is 672. The lowest BCUT2D eigenvalue weighted by molar-refractivity contribution is 0.0690. The van der Waals surface area contributed by atoms with Gasteiger partial charge in [-0.25, -0.2) is 9.78 Å². The van der Waals surface area contributed by atoms with E-state index in [4.69, 9.17) is 5.11 Å². The van der Waals surface area contributed by atoms with Gasteiger partial charge in [-0.2, -0.15) is 0 Å². The number of thiazole rings is 1. The number of hydrogen-bond donors (Lipinski definition) is 3. The van der Waals surface area contributed by atoms with Gasteiger partial charge < -0.3 is 15.4 Å². The Kier molecular flexibility index (Phi) is 3.89. The number of hydrogen-bond acceptors (Lipinski definition) is 4. The van der Waals surface area contributed by atoms with Crippen molar-refractivity contribution in [2.45, 2.75) is 27.3 Å². The first-order chi connectivity index (χ1) is 9.40. The van der Waals surface area contributed by atoms with Crippen molar-refractivity contribution in [3.63, 3.8) is 0 Å². The molecule has 0 spiro atoms. The zero-order valence-electron chi connectivity index (χ0n) is 11.4. The van der Waals surface area contributed by atoms with Crippen molar-refractivity contribution < 1.29 is 14.7 Å². The van der Waals surface area contributed by atoms with Gasteiger partial charge in [-0.1, -0.05) is 0 Å². The lowest BCUT2D eigenvalue weighted by atomic mass is 10.1. The van der Waals surface area contributed by atoms with Crippen LogP contribution in [0.5, 0.6) is 0 Å². The van der Waals surface area contributed by atoms with Crippen molar-refractivity contribution in [2.24, 2.45) is 0 Å². The van der Waals surface area contributed by atoms with Crippen LogP contribution < -0.4 is 5.32 Å². The second kappa shape index (κ2) is 5.46. The molecule has 0 unspecified atom stereocenters. The largest absolute Gasteiger partial charge is 0.477 e. The Balaban J connectivity index is 2.15. The summed E-state index contributed by atoms with van der Waals surface area (Å²) in [7, 11) is 0. The van der Waals surface area contributed by atoms with Crippen molar-refractivity contribution >= 4 is 23.2 Å². The minimum absolute atomic E-state index is 0.0567. The molecular weight excluding hydrogens is 278 g/mol. The minimum atomic E-state index is -1.07. The van der Waals surface area contributed by atoms with E-state index in [1.165, 1.54) is 11.3 Å². The van der Waals surface area contributed by atoms with Gasteiger partial charge in [0.2, 0.25) is 0 Å². The van der Waals surface area contributed by atoms with Crippen LogP contribution in [-0.4, -0.2) is 27.0 Å². The fourth-order valence-corrected chi connectivity index (χ4v) is 2.78. The number of aromatic nitrogens is 2. The topological polar surface area (TPSA) is 95.1 Å². The summed E-state index contributed by atoms with van der Waals surface area (Å²) < 4.78 is 0. The van der Waals surface area contributed by atoms with Gasteiger partial charge >= 0.3 is 5.97 Å². The van der Waals surface area contributed by atoms with Gasteiger partial charge in [0.25, 0.3) is 5.91 Å². The summed E-state index contributed by atoms with van der Waals surface area (Å²) in [4.78, 5) is 31.0. The molecule has 0 radical (unpaired) electrons. The number of rotatable bonds is 4. The number of carboxylic acids is 1. The fourth-order valence-electron chi connectivity index (χ4n) is 2.05. The van der Waals surface area contributed by atoms with Crippen molar-refractivity contribution in [2.75, 3.05) is 0 Å². The first kappa shape index (κ1) is 14.3. The number of H-pyrrole nitrogens is 1. The summed E-state index contributed by atoms with van der Waals surface area (Å²) in [6.07, 6.45) is 1.72. The van der Waals surface area contributed by atoms with Crippen LogP contribution in [0.3, 0.4) is 0 Å². The molecule has 2 rings (SSSR count). The van der Waals surface area contributed by atoms with Gasteiger partial charge in [-0.05, 0) is 26.3 Å². The van der Waals surface area contributed by atoms with Crippen molar-refractivity contribution in [1.82, 2.24) is 15.3 Å². The zero-order valence-corrected chi connectivity index (χ0v) is 12.2. The number of aryl methyl sites for hydroxylation is 2. The van der Waals surface area contributed by atoms with Crippen LogP contribution in [0.2, 0.25) is 0 Å². The Hall–Kier alpha value is -2.15. The molecule has 0 bridgehead atoms. The van der Waals surface area contributed by atoms with Gasteiger partial charge in [0.15, 0.2) is 0 Å². The van der Waals surface area contributed by atoms with E-state index in [0.29, 0.717) is 23.4 Å². The molecule has 0 atom stereocenters. The van der Waals surface area contributed by atoms with Crippen LogP contribution in [-0.2, 0) is 6.54 Å². The first-order valence-electron chi connectivity index (χ1n) is 6.02. The lowest BCUT2D eigenvalue weighted by Crippen LogP contribution is -2.23. The second-order valence-corrected chi connectivity index (χ2v) is 5.78. The number of nitrogens with one attached hydrogen (secondary N) is 2. The van der Waals surface area contributed by atoms with Crippen molar-refractivity contribution in [1.29, 1.82) is 0 Å². The van der Waals surface area contributed by atoms with Crippen molar-refractivity contribution in [3.05, 3.63) is 38.6 Å². The van der Waals surface area contributed by atoms with E-state index in [9.17, 15) is 9.59 Å². The summed E-state index contributed by atoms with van der Waals surface area (Å²) in [5, 5.41) is 12.7. The van der Waals surface area contributed by atoms with E-state index in [0.717, 1.165) is 9.88 Å². The Morgan fingerprint density at radius 1 is 1.40 bits per heavy atom. The van der Waals surface area contributed by atoms with E-state index in [2.05, 4.69) is 15.3 Å². The SMILES string of the molecule is Cc1ncc(CNC(=O)c2c(C)[nH]c(C(=O)O)c2C)s1. The fraction of sp³-hybridized carbons (Fsp3) is 0.308. The van der Waals surface area contributed by atoms with Gasteiger partial charge in [-0.15, -0.1) is 11.3 Å². The van der Waals surface area contributed by atoms with Crippen LogP contribution in [0.15, 0.2) is 6.20 Å². The number of carboxylic acid groups (broad SMARTS) is 1. The minimum Gasteiger partial charge on any atom is -0.477 e. The second-order valence-electron chi connectivity index (χ2n) is 4.46. The maximum Gasteiger partial charge on any atom is 0.352 e. The van der Waals surface area contributed by atoms with E-state index in [1.54, 1.807) is 20.0 Å². The van der Waals surface area contributed by atoms with Gasteiger partial charge in [0.1, 0.15) is 5.69 Å². The molecule has 1 amide bonds. The number of carbonyl (C=O) groups excluding carboxylic acids is 1. The number of aromatic amines is 1. The summed E-state index contributed by atoms with van der Waals surface area (Å²) in [5.41, 5.74) is 1.45. The molecule has 20 heavy (non-hydrogen) atoms. The van der Waals surface area contributed by atoms with E-state index in [1.807, 2.05) is 6.92 Å². The highest BCUT2D eigenvalue weighted by molar-refractivity contribution is 7.11. The van der Waals surface area contributed by atoms with Crippen LogP contribution in [0.4, 0.5) is 0 Å². The molecular formula is C13H15N3O3S. The molecule has 2 heterocycles. The van der Waals surface area contributed by atoms with Crippen LogP contribution in [0, 0.1) is 20.8 Å². The molecule has 0 aliphatic heterocycles. The Labute approximate surface area is 119 Å². The van der Waals surface area contributed by atoms with Crippen LogP contribution >= 0.6 is 11.3 Å². The standard InChI is InChI=1S/C13H15N3O3S/c1-6-10(7(2)16-11(6)13(18)19)12(17)15-5-9-4-14-8(3)20-9/h4,16H,5H2,1-3H3,(H,15,17)(H,18,19). The first-order valence-corrected chi connectivity index (χ1v) is 6.83. The average Bonchev–Trinajstić information content (AvgIpc) is 2.91. The third-order valence-corrected chi connectivity index (χ3v) is 3.88. The lowest BCUT2D eigenvalue weighted by Gasteiger charge is -2.04. The van der Waals surface area contributed by atoms with E-state index >= 15 is 0 Å². The molecule has 2 aromatic heterocycles. The van der Waals surface area contributed by atoms with E-state index in [-0.39, 0.29) is 11.6 Å². The molecule has 106 valence electrons. The average molecular weight is 293 g/mol. The highest BCUT2D eigenvalue weighted by Crippen LogP contribution is 2.18. The highest BCUT2D eigenvalue weighted by atomic mass is 32.1. The molecule has 0 aromatic carbocycles. The molecule has 3 N–H and O–H groups in total. The summed E-state index contributed by atoms with van der Waals surface area (Å²) in [6, 6.07) is 0. The Morgan fingerprint density at radius 3 is 2.60 bits per heavy atom. The van der Waals surface area contributed by atoms with Crippen LogP contribution in [0.25, 0.3) is 0 Å². The predicted octanol–water partition coefficient (Wildman–Crippen LogP) is 2.02. The molecule has 0 fully saturated rings. The van der Waals surface area contributed by atoms with Gasteiger partial charge in [0.05, 0.1) is 17.1 Å². The highest BCUT2D eigenvalue weighted by Gasteiger charge is 2.21. The smallest absolute Gasteiger partial charge is 0.352 e. The molecule has 6 nitrogen and oxygen atoms in total. The molecule has 7 heteroatoms. The Morgan fingerprint density at radius 2 is 2.10 bits per heavy atom. The maximum atomic E-state index is 12.2.